The summed E-state index contributed by atoms with van der Waals surface area (Å²) in [5.41, 5.74) is 7.08. The lowest BCUT2D eigenvalue weighted by Gasteiger charge is -2.37. The van der Waals surface area contributed by atoms with Crippen molar-refractivity contribution in [1.82, 2.24) is 0 Å². The van der Waals surface area contributed by atoms with E-state index in [1.54, 1.807) is 0 Å². The highest BCUT2D eigenvalue weighted by atomic mass is 16.6. The topological polar surface area (TPSA) is 47.8 Å². The fraction of sp³-hybridized carbons (Fsp3) is 0.714. The highest BCUT2D eigenvalue weighted by Crippen LogP contribution is 2.72. The fourth-order valence-corrected chi connectivity index (χ4v) is 7.11. The molecule has 1 aliphatic heterocycles. The van der Waals surface area contributed by atoms with Gasteiger partial charge in [-0.15, -0.1) is 0 Å². The Morgan fingerprint density at radius 3 is 2.54 bits per heavy atom. The van der Waals surface area contributed by atoms with Gasteiger partial charge in [0, 0.05) is 0 Å². The van der Waals surface area contributed by atoms with Crippen molar-refractivity contribution >= 4 is 0 Å². The average molecular weight is 325 g/mol. The minimum atomic E-state index is 0.419. The molecule has 4 saturated carbocycles. The molecule has 4 bridgehead atoms. The molecule has 0 amide bonds. The van der Waals surface area contributed by atoms with Crippen LogP contribution in [0.5, 0.6) is 5.75 Å². The summed E-state index contributed by atoms with van der Waals surface area (Å²) in [5, 5.41) is 0. The van der Waals surface area contributed by atoms with E-state index in [1.807, 2.05) is 0 Å². The number of epoxide rings is 1. The van der Waals surface area contributed by atoms with E-state index in [0.717, 1.165) is 41.3 Å². The molecular weight excluding hydrogens is 298 g/mol. The van der Waals surface area contributed by atoms with Crippen molar-refractivity contribution < 1.29 is 9.47 Å². The third-order valence-corrected chi connectivity index (χ3v) is 8.10. The minimum Gasteiger partial charge on any atom is -0.490 e. The van der Waals surface area contributed by atoms with Gasteiger partial charge in [-0.3, -0.25) is 0 Å². The van der Waals surface area contributed by atoms with E-state index < -0.39 is 0 Å². The second kappa shape index (κ2) is 4.76. The van der Waals surface area contributed by atoms with E-state index in [9.17, 15) is 0 Å². The predicted molar refractivity (Wildman–Crippen MR) is 91.8 cm³/mol. The molecule has 10 atom stereocenters. The van der Waals surface area contributed by atoms with E-state index in [4.69, 9.17) is 15.2 Å². The van der Waals surface area contributed by atoms with Crippen LogP contribution in [0.2, 0.25) is 0 Å². The zero-order valence-corrected chi connectivity index (χ0v) is 14.3. The lowest BCUT2D eigenvalue weighted by molar-refractivity contribution is 0.0514. The van der Waals surface area contributed by atoms with Crippen molar-refractivity contribution in [3.63, 3.8) is 0 Å². The molecule has 1 saturated heterocycles. The van der Waals surface area contributed by atoms with Crippen LogP contribution in [0.25, 0.3) is 0 Å². The Morgan fingerprint density at radius 2 is 1.79 bits per heavy atom. The maximum absolute atomic E-state index is 6.47. The Balaban J connectivity index is 1.19. The zero-order valence-electron chi connectivity index (χ0n) is 14.3. The van der Waals surface area contributed by atoms with Gasteiger partial charge in [-0.05, 0) is 84.9 Å². The summed E-state index contributed by atoms with van der Waals surface area (Å²) in [6.07, 6.45) is 5.86. The first kappa shape index (κ1) is 14.1. The molecule has 5 fully saturated rings. The predicted octanol–water partition coefficient (Wildman–Crippen LogP) is 3.19. The molecule has 128 valence electrons. The maximum atomic E-state index is 6.47. The molecule has 6 rings (SSSR count). The van der Waals surface area contributed by atoms with E-state index in [2.05, 4.69) is 31.2 Å². The molecule has 0 aromatic heterocycles. The molecule has 1 heterocycles. The molecule has 5 aliphatic rings. The van der Waals surface area contributed by atoms with Gasteiger partial charge in [-0.2, -0.15) is 0 Å². The summed E-state index contributed by atoms with van der Waals surface area (Å²) >= 11 is 0. The number of ether oxygens (including phenoxy) is 2. The smallest absolute Gasteiger partial charge is 0.119 e. The number of nitrogens with two attached hydrogens (primary N) is 1. The van der Waals surface area contributed by atoms with Gasteiger partial charge in [0.2, 0.25) is 0 Å². The van der Waals surface area contributed by atoms with E-state index in [1.165, 1.54) is 24.8 Å². The Labute approximate surface area is 143 Å². The molecule has 1 aromatic rings. The van der Waals surface area contributed by atoms with E-state index >= 15 is 0 Å². The Morgan fingerprint density at radius 1 is 1.04 bits per heavy atom. The third-order valence-electron chi connectivity index (χ3n) is 8.10. The van der Waals surface area contributed by atoms with E-state index in [-0.39, 0.29) is 0 Å². The monoisotopic (exact) mass is 325 g/mol. The lowest BCUT2D eigenvalue weighted by atomic mass is 9.70. The van der Waals surface area contributed by atoms with Gasteiger partial charge in [0.15, 0.2) is 0 Å². The molecule has 3 nitrogen and oxygen atoms in total. The highest BCUT2D eigenvalue weighted by molar-refractivity contribution is 5.30. The first-order chi connectivity index (χ1) is 11.7. The summed E-state index contributed by atoms with van der Waals surface area (Å²) in [4.78, 5) is 0. The third kappa shape index (κ3) is 1.75. The Hall–Kier alpha value is -1.06. The second-order valence-electron chi connectivity index (χ2n) is 9.04. The molecule has 4 aliphatic carbocycles. The van der Waals surface area contributed by atoms with Gasteiger partial charge >= 0.3 is 0 Å². The Kier molecular flexibility index (Phi) is 2.81. The van der Waals surface area contributed by atoms with Crippen LogP contribution in [0.15, 0.2) is 24.3 Å². The normalized spacial score (nSPS) is 50.7. The standard InChI is InChI=1S/C21H27NO2/c1-10(9-22)11-2-4-13(5-3-11)23-17-7-12-6-14(17)19-16-8-15(18(12)19)20-21(16)24-20/h2-5,10,12,14-21H,6-9,22H2,1H3. The van der Waals surface area contributed by atoms with Gasteiger partial charge in [0.05, 0.1) is 12.2 Å². The Bertz CT molecular complexity index is 658. The zero-order chi connectivity index (χ0) is 16.0. The molecule has 2 N–H and O–H groups in total. The molecular formula is C21H27NO2. The van der Waals surface area contributed by atoms with Crippen LogP contribution in [0, 0.1) is 35.5 Å². The largest absolute Gasteiger partial charge is 0.490 e. The van der Waals surface area contributed by atoms with Crippen molar-refractivity contribution in [1.29, 1.82) is 0 Å². The van der Waals surface area contributed by atoms with Crippen molar-refractivity contribution in [2.45, 2.75) is 50.4 Å². The number of benzene rings is 1. The number of rotatable bonds is 4. The second-order valence-corrected chi connectivity index (χ2v) is 9.04. The summed E-state index contributed by atoms with van der Waals surface area (Å²) in [6.45, 7) is 2.87. The van der Waals surface area contributed by atoms with Crippen molar-refractivity contribution in [3.05, 3.63) is 29.8 Å². The molecule has 0 spiro atoms. The van der Waals surface area contributed by atoms with Crippen LogP contribution in [0.1, 0.15) is 37.7 Å². The van der Waals surface area contributed by atoms with E-state index in [0.29, 0.717) is 30.8 Å². The van der Waals surface area contributed by atoms with Gasteiger partial charge in [0.25, 0.3) is 0 Å². The van der Waals surface area contributed by atoms with Gasteiger partial charge < -0.3 is 15.2 Å². The van der Waals surface area contributed by atoms with Gasteiger partial charge in [0.1, 0.15) is 11.9 Å². The van der Waals surface area contributed by atoms with Crippen molar-refractivity contribution in [2.75, 3.05) is 6.54 Å². The quantitative estimate of drug-likeness (QED) is 0.683. The molecule has 24 heavy (non-hydrogen) atoms. The van der Waals surface area contributed by atoms with Gasteiger partial charge in [-0.1, -0.05) is 19.1 Å². The van der Waals surface area contributed by atoms with Gasteiger partial charge in [-0.25, -0.2) is 0 Å². The number of hydrogen-bond donors (Lipinski definition) is 1. The lowest BCUT2D eigenvalue weighted by Crippen LogP contribution is -2.40. The van der Waals surface area contributed by atoms with Crippen LogP contribution in [0.3, 0.4) is 0 Å². The fourth-order valence-electron chi connectivity index (χ4n) is 7.11. The van der Waals surface area contributed by atoms with Crippen LogP contribution in [0.4, 0.5) is 0 Å². The molecule has 10 unspecified atom stereocenters. The summed E-state index contributed by atoms with van der Waals surface area (Å²) < 4.78 is 12.4. The number of hydrogen-bond acceptors (Lipinski definition) is 3. The summed E-state index contributed by atoms with van der Waals surface area (Å²) in [5.74, 6) is 6.78. The maximum Gasteiger partial charge on any atom is 0.119 e. The SMILES string of the molecule is CC(CN)c1ccc(OC2CC3CC2C2C4CC(C5OC45)C32)cc1. The number of fused-ring (bicyclic) bond motifs is 12. The van der Waals surface area contributed by atoms with Crippen molar-refractivity contribution in [2.24, 2.45) is 41.2 Å². The van der Waals surface area contributed by atoms with Crippen LogP contribution >= 0.6 is 0 Å². The average Bonchev–Trinajstić information content (AvgIpc) is 2.93. The molecule has 1 aromatic carbocycles. The highest BCUT2D eigenvalue weighted by Gasteiger charge is 2.73. The van der Waals surface area contributed by atoms with Crippen molar-refractivity contribution in [3.8, 4) is 5.75 Å². The molecule has 0 radical (unpaired) electrons. The summed E-state index contributed by atoms with van der Waals surface area (Å²) in [7, 11) is 0. The molecule has 3 heteroatoms. The van der Waals surface area contributed by atoms with Crippen LogP contribution in [-0.2, 0) is 4.74 Å². The first-order valence-corrected chi connectivity index (χ1v) is 9.86. The first-order valence-electron chi connectivity index (χ1n) is 9.86. The van der Waals surface area contributed by atoms with Crippen LogP contribution < -0.4 is 10.5 Å². The minimum absolute atomic E-state index is 0.419. The summed E-state index contributed by atoms with van der Waals surface area (Å²) in [6, 6.07) is 8.66. The van der Waals surface area contributed by atoms with Crippen LogP contribution in [-0.4, -0.2) is 24.9 Å².